The Bertz CT molecular complexity index is 1190. The number of rotatable bonds is 3. The Morgan fingerprint density at radius 2 is 1.86 bits per heavy atom. The Morgan fingerprint density at radius 1 is 1.04 bits per heavy atom. The second kappa shape index (κ2) is 6.64. The third kappa shape index (κ3) is 2.76. The Kier molecular flexibility index (Phi) is 4.09. The van der Waals surface area contributed by atoms with Gasteiger partial charge in [0, 0.05) is 40.3 Å². The number of pyridine rings is 1. The molecule has 0 saturated heterocycles. The highest BCUT2D eigenvalue weighted by atomic mass is 16.3. The fourth-order valence-corrected chi connectivity index (χ4v) is 4.63. The van der Waals surface area contributed by atoms with Gasteiger partial charge in [-0.3, -0.25) is 4.98 Å². The molecule has 0 spiro atoms. The summed E-state index contributed by atoms with van der Waals surface area (Å²) in [6.45, 7) is 0.718. The van der Waals surface area contributed by atoms with E-state index in [2.05, 4.69) is 39.1 Å². The summed E-state index contributed by atoms with van der Waals surface area (Å²) in [6, 6.07) is 12.4. The molecule has 2 aromatic carbocycles. The number of hydrogen-bond donors (Lipinski definition) is 2. The fraction of sp³-hybridized carbons (Fsp3) is 0.292. The van der Waals surface area contributed by atoms with Gasteiger partial charge < -0.3 is 15.0 Å². The Morgan fingerprint density at radius 3 is 2.68 bits per heavy atom. The molecule has 4 heteroatoms. The largest absolute Gasteiger partial charge is 0.508 e. The number of nitrogens with zero attached hydrogens (tertiary/aromatic N) is 2. The first-order valence-corrected chi connectivity index (χ1v) is 10.00. The number of aryl methyl sites for hydroxylation is 1. The van der Waals surface area contributed by atoms with Crippen molar-refractivity contribution in [2.24, 2.45) is 0 Å². The van der Waals surface area contributed by atoms with Gasteiger partial charge in [0.25, 0.3) is 0 Å². The quantitative estimate of drug-likeness (QED) is 0.531. The summed E-state index contributed by atoms with van der Waals surface area (Å²) in [5.74, 6) is 0.358. The molecule has 0 bridgehead atoms. The summed E-state index contributed by atoms with van der Waals surface area (Å²) in [7, 11) is 4.05. The number of phenolic OH excluding ortho intramolecular Hbond substituents is 1. The van der Waals surface area contributed by atoms with Crippen molar-refractivity contribution >= 4 is 21.8 Å². The smallest absolute Gasteiger partial charge is 0.120 e. The number of aromatic hydroxyl groups is 1. The van der Waals surface area contributed by atoms with Gasteiger partial charge in [0.1, 0.15) is 5.75 Å². The van der Waals surface area contributed by atoms with Crippen LogP contribution < -0.4 is 0 Å². The van der Waals surface area contributed by atoms with Gasteiger partial charge in [0.05, 0.1) is 5.52 Å². The van der Waals surface area contributed by atoms with E-state index in [1.807, 2.05) is 32.4 Å². The average molecular weight is 371 g/mol. The van der Waals surface area contributed by atoms with Gasteiger partial charge in [0.2, 0.25) is 0 Å². The van der Waals surface area contributed by atoms with Crippen LogP contribution in [0.25, 0.3) is 33.1 Å². The molecule has 1 aliphatic rings. The van der Waals surface area contributed by atoms with Crippen molar-refractivity contribution in [3.8, 4) is 17.0 Å². The van der Waals surface area contributed by atoms with Crippen molar-refractivity contribution in [2.45, 2.75) is 32.2 Å². The number of aromatic amines is 1. The van der Waals surface area contributed by atoms with Crippen LogP contribution in [0.1, 0.15) is 29.5 Å². The van der Waals surface area contributed by atoms with Gasteiger partial charge in [-0.05, 0) is 92.9 Å². The fourth-order valence-electron chi connectivity index (χ4n) is 4.63. The molecular weight excluding hydrogens is 346 g/mol. The molecule has 1 aliphatic carbocycles. The van der Waals surface area contributed by atoms with E-state index in [1.165, 1.54) is 46.0 Å². The molecular formula is C24H25N3O. The van der Waals surface area contributed by atoms with Gasteiger partial charge in [-0.2, -0.15) is 0 Å². The predicted molar refractivity (Wildman–Crippen MR) is 115 cm³/mol. The zero-order valence-corrected chi connectivity index (χ0v) is 16.4. The molecule has 2 heterocycles. The normalized spacial score (nSPS) is 14.1. The summed E-state index contributed by atoms with van der Waals surface area (Å²) < 4.78 is 0. The topological polar surface area (TPSA) is 52.2 Å². The van der Waals surface area contributed by atoms with Crippen LogP contribution in [-0.4, -0.2) is 34.1 Å². The zero-order chi connectivity index (χ0) is 19.3. The molecule has 0 atom stereocenters. The number of H-pyrrole nitrogens is 1. The van der Waals surface area contributed by atoms with E-state index in [0.717, 1.165) is 36.0 Å². The lowest BCUT2D eigenvalue weighted by molar-refractivity contribution is 0.386. The molecule has 0 radical (unpaired) electrons. The monoisotopic (exact) mass is 371 g/mol. The summed E-state index contributed by atoms with van der Waals surface area (Å²) >= 11 is 0. The summed E-state index contributed by atoms with van der Waals surface area (Å²) in [6.07, 6.45) is 6.56. The van der Waals surface area contributed by atoms with Crippen LogP contribution in [0.2, 0.25) is 0 Å². The highest BCUT2D eigenvalue weighted by Crippen LogP contribution is 2.38. The third-order valence-electron chi connectivity index (χ3n) is 5.86. The van der Waals surface area contributed by atoms with E-state index in [-0.39, 0.29) is 0 Å². The van der Waals surface area contributed by atoms with Crippen LogP contribution in [0, 0.1) is 0 Å². The lowest BCUT2D eigenvalue weighted by Gasteiger charge is -2.23. The summed E-state index contributed by atoms with van der Waals surface area (Å²) in [5.41, 5.74) is 8.43. The summed E-state index contributed by atoms with van der Waals surface area (Å²) in [4.78, 5) is 10.3. The van der Waals surface area contributed by atoms with E-state index >= 15 is 0 Å². The van der Waals surface area contributed by atoms with Crippen molar-refractivity contribution in [3.05, 3.63) is 59.3 Å². The van der Waals surface area contributed by atoms with Crippen LogP contribution >= 0.6 is 0 Å². The van der Waals surface area contributed by atoms with Crippen LogP contribution in [-0.2, 0) is 19.4 Å². The maximum absolute atomic E-state index is 10.3. The van der Waals surface area contributed by atoms with E-state index in [0.29, 0.717) is 5.75 Å². The molecule has 4 aromatic rings. The maximum Gasteiger partial charge on any atom is 0.120 e. The average Bonchev–Trinajstić information content (AvgIpc) is 3.17. The van der Waals surface area contributed by atoms with Gasteiger partial charge in [0.15, 0.2) is 0 Å². The molecule has 0 saturated carbocycles. The number of aromatic nitrogens is 2. The molecule has 28 heavy (non-hydrogen) atoms. The van der Waals surface area contributed by atoms with Crippen molar-refractivity contribution in [1.29, 1.82) is 0 Å². The molecule has 2 N–H and O–H groups in total. The first kappa shape index (κ1) is 17.3. The Hall–Kier alpha value is -2.85. The number of nitrogens with one attached hydrogen (secondary N) is 1. The SMILES string of the molecule is CN(C)Cc1cc(-c2[nH]c3ccc4nccc4c3c3c2CCCC3)ccc1O. The number of hydrogen-bond acceptors (Lipinski definition) is 3. The van der Waals surface area contributed by atoms with Crippen molar-refractivity contribution in [1.82, 2.24) is 14.9 Å². The Balaban J connectivity index is 1.78. The van der Waals surface area contributed by atoms with E-state index in [1.54, 1.807) is 0 Å². The highest BCUT2D eigenvalue weighted by molar-refractivity contribution is 6.08. The van der Waals surface area contributed by atoms with Gasteiger partial charge in [-0.25, -0.2) is 0 Å². The minimum absolute atomic E-state index is 0.358. The van der Waals surface area contributed by atoms with E-state index in [9.17, 15) is 5.11 Å². The van der Waals surface area contributed by atoms with E-state index < -0.39 is 0 Å². The Labute approximate surface area is 164 Å². The molecule has 142 valence electrons. The maximum atomic E-state index is 10.3. The molecule has 4 nitrogen and oxygen atoms in total. The van der Waals surface area contributed by atoms with Gasteiger partial charge in [-0.1, -0.05) is 0 Å². The molecule has 0 amide bonds. The molecule has 5 rings (SSSR count). The minimum atomic E-state index is 0.358. The van der Waals surface area contributed by atoms with Crippen LogP contribution in [0.3, 0.4) is 0 Å². The number of benzene rings is 2. The first-order valence-electron chi connectivity index (χ1n) is 10.00. The number of fused-ring (bicyclic) bond motifs is 5. The lowest BCUT2D eigenvalue weighted by atomic mass is 9.85. The first-order chi connectivity index (χ1) is 13.6. The van der Waals surface area contributed by atoms with Crippen molar-refractivity contribution in [3.63, 3.8) is 0 Å². The van der Waals surface area contributed by atoms with Crippen molar-refractivity contribution < 1.29 is 5.11 Å². The summed E-state index contributed by atoms with van der Waals surface area (Å²) in [5, 5.41) is 12.9. The van der Waals surface area contributed by atoms with E-state index in [4.69, 9.17) is 0 Å². The van der Waals surface area contributed by atoms with Crippen LogP contribution in [0.4, 0.5) is 0 Å². The van der Waals surface area contributed by atoms with Gasteiger partial charge in [-0.15, -0.1) is 0 Å². The standard InChI is InChI=1S/C24H25N3O/c1-27(2)14-16-13-15(7-10-22(16)28)24-18-6-4-3-5-17(18)23-19-11-12-25-20(19)8-9-21(23)26-24/h7-13,26,28H,3-6,14H2,1-2H3. The third-order valence-corrected chi connectivity index (χ3v) is 5.86. The molecule has 2 aromatic heterocycles. The predicted octanol–water partition coefficient (Wildman–Crippen LogP) is 5.03. The lowest BCUT2D eigenvalue weighted by Crippen LogP contribution is -2.11. The second-order valence-corrected chi connectivity index (χ2v) is 8.11. The highest BCUT2D eigenvalue weighted by Gasteiger charge is 2.20. The van der Waals surface area contributed by atoms with Gasteiger partial charge >= 0.3 is 0 Å². The van der Waals surface area contributed by atoms with Crippen LogP contribution in [0.5, 0.6) is 5.75 Å². The zero-order valence-electron chi connectivity index (χ0n) is 16.4. The molecule has 0 fully saturated rings. The minimum Gasteiger partial charge on any atom is -0.508 e. The molecule has 0 aliphatic heterocycles. The van der Waals surface area contributed by atoms with Crippen LogP contribution in [0.15, 0.2) is 42.6 Å². The second-order valence-electron chi connectivity index (χ2n) is 8.11. The number of phenols is 1. The van der Waals surface area contributed by atoms with Crippen molar-refractivity contribution in [2.75, 3.05) is 14.1 Å². The molecule has 0 unspecified atom stereocenters.